The van der Waals surface area contributed by atoms with Crippen LogP contribution in [0.2, 0.25) is 0 Å². The highest BCUT2D eigenvalue weighted by Gasteiger charge is 2.19. The summed E-state index contributed by atoms with van der Waals surface area (Å²) in [4.78, 5) is 12.0. The Bertz CT molecular complexity index is 450. The van der Waals surface area contributed by atoms with Crippen LogP contribution in [-0.4, -0.2) is 12.5 Å². The zero-order valence-corrected chi connectivity index (χ0v) is 11.7. The van der Waals surface area contributed by atoms with Crippen molar-refractivity contribution in [2.45, 2.75) is 39.5 Å². The van der Waals surface area contributed by atoms with Gasteiger partial charge >= 0.3 is 0 Å². The summed E-state index contributed by atoms with van der Waals surface area (Å²) in [5, 5.41) is 2.87. The second-order valence-electron chi connectivity index (χ2n) is 5.77. The first-order chi connectivity index (χ1) is 9.08. The standard InChI is InChI=1S/C16H22FNO/c1-11-6-8-13(9-7-11)10-18-16(19)14-5-3-4-12(2)15(14)17/h3-5,11,13H,6-10H2,1-2H3,(H,18,19). The number of hydrogen-bond donors (Lipinski definition) is 1. The van der Waals surface area contributed by atoms with E-state index >= 15 is 0 Å². The summed E-state index contributed by atoms with van der Waals surface area (Å²) in [6.45, 7) is 4.62. The molecule has 1 saturated carbocycles. The molecular formula is C16H22FNO. The van der Waals surface area contributed by atoms with Gasteiger partial charge in [-0.15, -0.1) is 0 Å². The van der Waals surface area contributed by atoms with Gasteiger partial charge in [-0.3, -0.25) is 4.79 Å². The van der Waals surface area contributed by atoms with E-state index < -0.39 is 5.82 Å². The summed E-state index contributed by atoms with van der Waals surface area (Å²) in [5.74, 6) is 0.659. The molecule has 19 heavy (non-hydrogen) atoms. The summed E-state index contributed by atoms with van der Waals surface area (Å²) < 4.78 is 13.8. The number of halogens is 1. The van der Waals surface area contributed by atoms with Crippen LogP contribution in [-0.2, 0) is 0 Å². The summed E-state index contributed by atoms with van der Waals surface area (Å²) in [6.07, 6.45) is 4.80. The summed E-state index contributed by atoms with van der Waals surface area (Å²) >= 11 is 0. The lowest BCUT2D eigenvalue weighted by atomic mass is 9.83. The quantitative estimate of drug-likeness (QED) is 0.885. The number of nitrogens with one attached hydrogen (secondary N) is 1. The van der Waals surface area contributed by atoms with E-state index in [9.17, 15) is 9.18 Å². The van der Waals surface area contributed by atoms with E-state index in [-0.39, 0.29) is 11.5 Å². The second kappa shape index (κ2) is 6.18. The molecule has 2 rings (SSSR count). The van der Waals surface area contributed by atoms with Crippen LogP contribution in [0.3, 0.4) is 0 Å². The van der Waals surface area contributed by atoms with Gasteiger partial charge in [0.25, 0.3) is 5.91 Å². The first-order valence-electron chi connectivity index (χ1n) is 7.11. The zero-order chi connectivity index (χ0) is 13.8. The number of aryl methyl sites for hydroxylation is 1. The van der Waals surface area contributed by atoms with Crippen molar-refractivity contribution < 1.29 is 9.18 Å². The number of carbonyl (C=O) groups excluding carboxylic acids is 1. The summed E-state index contributed by atoms with van der Waals surface area (Å²) in [5.41, 5.74) is 0.670. The molecule has 0 heterocycles. The highest BCUT2D eigenvalue weighted by atomic mass is 19.1. The van der Waals surface area contributed by atoms with E-state index in [2.05, 4.69) is 12.2 Å². The molecule has 0 atom stereocenters. The van der Waals surface area contributed by atoms with Gasteiger partial charge < -0.3 is 5.32 Å². The van der Waals surface area contributed by atoms with Crippen LogP contribution in [0.15, 0.2) is 18.2 Å². The molecule has 1 amide bonds. The van der Waals surface area contributed by atoms with Crippen molar-refractivity contribution in [3.63, 3.8) is 0 Å². The molecule has 1 fully saturated rings. The highest BCUT2D eigenvalue weighted by Crippen LogP contribution is 2.27. The lowest BCUT2D eigenvalue weighted by Crippen LogP contribution is -2.31. The van der Waals surface area contributed by atoms with Crippen LogP contribution in [0.4, 0.5) is 4.39 Å². The third-order valence-electron chi connectivity index (χ3n) is 4.12. The van der Waals surface area contributed by atoms with Crippen LogP contribution in [0.1, 0.15) is 48.5 Å². The summed E-state index contributed by atoms with van der Waals surface area (Å²) in [7, 11) is 0. The minimum atomic E-state index is -0.405. The van der Waals surface area contributed by atoms with Gasteiger partial charge in [0.1, 0.15) is 5.82 Å². The van der Waals surface area contributed by atoms with Gasteiger partial charge in [0, 0.05) is 6.54 Å². The number of carbonyl (C=O) groups is 1. The van der Waals surface area contributed by atoms with Crippen molar-refractivity contribution >= 4 is 5.91 Å². The maximum atomic E-state index is 13.8. The summed E-state index contributed by atoms with van der Waals surface area (Å²) in [6, 6.07) is 4.94. The molecule has 1 aliphatic carbocycles. The van der Waals surface area contributed by atoms with Crippen molar-refractivity contribution in [2.75, 3.05) is 6.54 Å². The number of benzene rings is 1. The molecule has 1 aromatic carbocycles. The smallest absolute Gasteiger partial charge is 0.254 e. The molecule has 1 N–H and O–H groups in total. The molecule has 0 aromatic heterocycles. The molecule has 0 bridgehead atoms. The molecule has 104 valence electrons. The number of amides is 1. The predicted molar refractivity (Wildman–Crippen MR) is 74.6 cm³/mol. The van der Waals surface area contributed by atoms with Crippen LogP contribution in [0, 0.1) is 24.6 Å². The third kappa shape index (κ3) is 3.55. The fraction of sp³-hybridized carbons (Fsp3) is 0.562. The van der Waals surface area contributed by atoms with Gasteiger partial charge in [-0.2, -0.15) is 0 Å². The number of rotatable bonds is 3. The fourth-order valence-electron chi connectivity index (χ4n) is 2.69. The molecule has 0 spiro atoms. The Labute approximate surface area is 114 Å². The second-order valence-corrected chi connectivity index (χ2v) is 5.77. The molecule has 1 aromatic rings. The average Bonchev–Trinajstić information content (AvgIpc) is 2.41. The van der Waals surface area contributed by atoms with E-state index in [1.165, 1.54) is 12.8 Å². The fourth-order valence-corrected chi connectivity index (χ4v) is 2.69. The van der Waals surface area contributed by atoms with Gasteiger partial charge in [0.2, 0.25) is 0 Å². The first-order valence-corrected chi connectivity index (χ1v) is 7.11. The SMILES string of the molecule is Cc1cccc(C(=O)NCC2CCC(C)CC2)c1F. The van der Waals surface area contributed by atoms with Crippen LogP contribution < -0.4 is 5.32 Å². The maximum absolute atomic E-state index is 13.8. The Morgan fingerprint density at radius 3 is 2.68 bits per heavy atom. The lowest BCUT2D eigenvalue weighted by Gasteiger charge is -2.26. The molecule has 1 aliphatic rings. The Kier molecular flexibility index (Phi) is 4.56. The van der Waals surface area contributed by atoms with E-state index in [4.69, 9.17) is 0 Å². The maximum Gasteiger partial charge on any atom is 0.254 e. The molecular weight excluding hydrogens is 241 g/mol. The largest absolute Gasteiger partial charge is 0.352 e. The third-order valence-corrected chi connectivity index (χ3v) is 4.12. The van der Waals surface area contributed by atoms with Crippen LogP contribution in [0.5, 0.6) is 0 Å². The van der Waals surface area contributed by atoms with Crippen molar-refractivity contribution in [3.05, 3.63) is 35.1 Å². The lowest BCUT2D eigenvalue weighted by molar-refractivity contribution is 0.0937. The van der Waals surface area contributed by atoms with E-state index in [1.54, 1.807) is 25.1 Å². The molecule has 2 nitrogen and oxygen atoms in total. The van der Waals surface area contributed by atoms with Crippen LogP contribution >= 0.6 is 0 Å². The molecule has 0 aliphatic heterocycles. The number of hydrogen-bond acceptors (Lipinski definition) is 1. The van der Waals surface area contributed by atoms with Gasteiger partial charge in [-0.05, 0) is 43.2 Å². The Morgan fingerprint density at radius 2 is 2.00 bits per heavy atom. The van der Waals surface area contributed by atoms with Gasteiger partial charge in [-0.1, -0.05) is 31.9 Å². The van der Waals surface area contributed by atoms with E-state index in [0.717, 1.165) is 18.8 Å². The highest BCUT2D eigenvalue weighted by molar-refractivity contribution is 5.94. The molecule has 3 heteroatoms. The van der Waals surface area contributed by atoms with Crippen LogP contribution in [0.25, 0.3) is 0 Å². The van der Waals surface area contributed by atoms with Gasteiger partial charge in [0.15, 0.2) is 0 Å². The van der Waals surface area contributed by atoms with Gasteiger partial charge in [0.05, 0.1) is 5.56 Å². The van der Waals surface area contributed by atoms with Crippen molar-refractivity contribution in [1.29, 1.82) is 0 Å². The topological polar surface area (TPSA) is 29.1 Å². The normalized spacial score (nSPS) is 23.1. The Morgan fingerprint density at radius 1 is 1.32 bits per heavy atom. The monoisotopic (exact) mass is 263 g/mol. The zero-order valence-electron chi connectivity index (χ0n) is 11.7. The molecule has 0 radical (unpaired) electrons. The minimum Gasteiger partial charge on any atom is -0.352 e. The first kappa shape index (κ1) is 14.0. The van der Waals surface area contributed by atoms with Crippen molar-refractivity contribution in [2.24, 2.45) is 11.8 Å². The molecule has 0 unspecified atom stereocenters. The average molecular weight is 263 g/mol. The van der Waals surface area contributed by atoms with Crippen molar-refractivity contribution in [1.82, 2.24) is 5.32 Å². The Hall–Kier alpha value is -1.38. The predicted octanol–water partition coefficient (Wildman–Crippen LogP) is 3.69. The van der Waals surface area contributed by atoms with Gasteiger partial charge in [-0.25, -0.2) is 4.39 Å². The van der Waals surface area contributed by atoms with Crippen molar-refractivity contribution in [3.8, 4) is 0 Å². The van der Waals surface area contributed by atoms with E-state index in [1.807, 2.05) is 0 Å². The minimum absolute atomic E-state index is 0.157. The van der Waals surface area contributed by atoms with E-state index in [0.29, 0.717) is 18.0 Å². The molecule has 0 saturated heterocycles. The Balaban J connectivity index is 1.89.